The SMILES string of the molecule is OC(CSc1nncn1-c1ccccc1)C(O)C(O)c1cnn(-c2ccccc2)n1. The van der Waals surface area contributed by atoms with E-state index in [9.17, 15) is 15.3 Å². The molecule has 3 unspecified atom stereocenters. The second kappa shape index (κ2) is 9.18. The maximum Gasteiger partial charge on any atom is 0.195 e. The fourth-order valence-corrected chi connectivity index (χ4v) is 3.74. The van der Waals surface area contributed by atoms with Crippen molar-refractivity contribution in [1.82, 2.24) is 29.8 Å². The molecular weight excluding hydrogens is 404 g/mol. The van der Waals surface area contributed by atoms with Crippen LogP contribution in [0.15, 0.2) is 78.3 Å². The minimum absolute atomic E-state index is 0.108. The second-order valence-electron chi connectivity index (χ2n) is 6.53. The number of benzene rings is 2. The number of aliphatic hydroxyl groups is 3. The molecule has 3 N–H and O–H groups in total. The van der Waals surface area contributed by atoms with E-state index in [1.165, 1.54) is 22.8 Å². The highest BCUT2D eigenvalue weighted by atomic mass is 32.2. The Bertz CT molecular complexity index is 1070. The molecule has 4 aromatic rings. The first kappa shape index (κ1) is 20.2. The van der Waals surface area contributed by atoms with Gasteiger partial charge in [0.25, 0.3) is 0 Å². The van der Waals surface area contributed by atoms with Gasteiger partial charge in [-0.25, -0.2) is 0 Å². The number of hydrogen-bond donors (Lipinski definition) is 3. The number of para-hydroxylation sites is 2. The molecule has 0 radical (unpaired) electrons. The first-order valence-electron chi connectivity index (χ1n) is 9.23. The lowest BCUT2D eigenvalue weighted by molar-refractivity contribution is -0.0531. The molecule has 0 saturated carbocycles. The number of thioether (sulfide) groups is 1. The molecule has 0 spiro atoms. The highest BCUT2D eigenvalue weighted by Gasteiger charge is 2.29. The van der Waals surface area contributed by atoms with Gasteiger partial charge in [0.15, 0.2) is 5.16 Å². The normalized spacial score (nSPS) is 14.4. The van der Waals surface area contributed by atoms with Crippen molar-refractivity contribution in [2.45, 2.75) is 23.5 Å². The highest BCUT2D eigenvalue weighted by Crippen LogP contribution is 2.24. The monoisotopic (exact) mass is 424 g/mol. The predicted molar refractivity (Wildman–Crippen MR) is 110 cm³/mol. The zero-order valence-electron chi connectivity index (χ0n) is 15.8. The van der Waals surface area contributed by atoms with Crippen LogP contribution in [0.5, 0.6) is 0 Å². The second-order valence-corrected chi connectivity index (χ2v) is 7.51. The first-order valence-corrected chi connectivity index (χ1v) is 10.2. The van der Waals surface area contributed by atoms with Crippen LogP contribution in [0.1, 0.15) is 11.8 Å². The van der Waals surface area contributed by atoms with Gasteiger partial charge in [0.1, 0.15) is 24.2 Å². The van der Waals surface area contributed by atoms with Crippen molar-refractivity contribution in [2.24, 2.45) is 0 Å². The van der Waals surface area contributed by atoms with Crippen molar-refractivity contribution in [3.63, 3.8) is 0 Å². The van der Waals surface area contributed by atoms with Crippen LogP contribution in [-0.2, 0) is 0 Å². The molecule has 2 aromatic heterocycles. The third-order valence-corrected chi connectivity index (χ3v) is 5.50. The van der Waals surface area contributed by atoms with E-state index in [-0.39, 0.29) is 11.4 Å². The standard InChI is InChI=1S/C20H20N6O3S/c27-17(12-30-20-23-21-13-25(20)14-7-3-1-4-8-14)19(29)18(28)16-11-22-26(24-16)15-9-5-2-6-10-15/h1-11,13,17-19,27-29H,12H2. The number of rotatable bonds is 8. The van der Waals surface area contributed by atoms with Crippen molar-refractivity contribution < 1.29 is 15.3 Å². The molecule has 2 heterocycles. The van der Waals surface area contributed by atoms with Crippen LogP contribution >= 0.6 is 11.8 Å². The smallest absolute Gasteiger partial charge is 0.195 e. The zero-order valence-corrected chi connectivity index (χ0v) is 16.6. The van der Waals surface area contributed by atoms with Crippen LogP contribution in [-0.4, -0.2) is 63.0 Å². The summed E-state index contributed by atoms with van der Waals surface area (Å²) in [4.78, 5) is 1.36. The van der Waals surface area contributed by atoms with Gasteiger partial charge < -0.3 is 15.3 Å². The van der Waals surface area contributed by atoms with E-state index in [4.69, 9.17) is 0 Å². The van der Waals surface area contributed by atoms with E-state index in [0.29, 0.717) is 5.16 Å². The minimum Gasteiger partial charge on any atom is -0.389 e. The van der Waals surface area contributed by atoms with Crippen LogP contribution in [0.3, 0.4) is 0 Å². The van der Waals surface area contributed by atoms with Gasteiger partial charge in [-0.1, -0.05) is 48.2 Å². The summed E-state index contributed by atoms with van der Waals surface area (Å²) in [6.45, 7) is 0. The number of nitrogens with zero attached hydrogens (tertiary/aromatic N) is 6. The van der Waals surface area contributed by atoms with Gasteiger partial charge in [-0.3, -0.25) is 4.57 Å². The summed E-state index contributed by atoms with van der Waals surface area (Å²) in [6.07, 6.45) is -1.09. The van der Waals surface area contributed by atoms with E-state index < -0.39 is 18.3 Å². The molecule has 0 saturated heterocycles. The Kier molecular flexibility index (Phi) is 6.19. The van der Waals surface area contributed by atoms with Crippen molar-refractivity contribution in [2.75, 3.05) is 5.75 Å². The third-order valence-electron chi connectivity index (χ3n) is 4.45. The number of hydrogen-bond acceptors (Lipinski definition) is 8. The molecule has 9 nitrogen and oxygen atoms in total. The quantitative estimate of drug-likeness (QED) is 0.363. The maximum atomic E-state index is 10.4. The van der Waals surface area contributed by atoms with E-state index in [2.05, 4.69) is 20.4 Å². The highest BCUT2D eigenvalue weighted by molar-refractivity contribution is 7.99. The summed E-state index contributed by atoms with van der Waals surface area (Å²) in [5, 5.41) is 48.1. The summed E-state index contributed by atoms with van der Waals surface area (Å²) in [5.41, 5.74) is 1.78. The van der Waals surface area contributed by atoms with Gasteiger partial charge in [-0.05, 0) is 24.3 Å². The first-order chi connectivity index (χ1) is 14.6. The summed E-state index contributed by atoms with van der Waals surface area (Å²) in [6, 6.07) is 18.8. The van der Waals surface area contributed by atoms with E-state index in [1.807, 2.05) is 60.7 Å². The molecule has 10 heteroatoms. The number of aromatic nitrogens is 6. The van der Waals surface area contributed by atoms with Gasteiger partial charge in [0, 0.05) is 11.4 Å². The van der Waals surface area contributed by atoms with Crippen molar-refractivity contribution in [3.8, 4) is 11.4 Å². The average Bonchev–Trinajstić information content (AvgIpc) is 3.47. The fraction of sp³-hybridized carbons (Fsp3) is 0.200. The van der Waals surface area contributed by atoms with Gasteiger partial charge in [0.2, 0.25) is 0 Å². The van der Waals surface area contributed by atoms with Gasteiger partial charge >= 0.3 is 0 Å². The number of aliphatic hydroxyl groups excluding tert-OH is 3. The lowest BCUT2D eigenvalue weighted by Gasteiger charge is -2.21. The van der Waals surface area contributed by atoms with Crippen molar-refractivity contribution in [3.05, 3.63) is 78.9 Å². The van der Waals surface area contributed by atoms with E-state index >= 15 is 0 Å². The largest absolute Gasteiger partial charge is 0.389 e. The molecular formula is C20H20N6O3S. The van der Waals surface area contributed by atoms with Crippen LogP contribution in [0, 0.1) is 0 Å². The molecule has 0 bridgehead atoms. The summed E-state index contributed by atoms with van der Waals surface area (Å²) in [7, 11) is 0. The molecule has 0 fully saturated rings. The molecule has 2 aromatic carbocycles. The van der Waals surface area contributed by atoms with Crippen molar-refractivity contribution in [1.29, 1.82) is 0 Å². The predicted octanol–water partition coefficient (Wildman–Crippen LogP) is 1.40. The topological polar surface area (TPSA) is 122 Å². The Morgan fingerprint density at radius 2 is 1.57 bits per heavy atom. The van der Waals surface area contributed by atoms with Crippen LogP contribution in [0.25, 0.3) is 11.4 Å². The van der Waals surface area contributed by atoms with E-state index in [1.54, 1.807) is 10.9 Å². The molecule has 0 amide bonds. The third kappa shape index (κ3) is 4.41. The Morgan fingerprint density at radius 3 is 2.27 bits per heavy atom. The molecule has 154 valence electrons. The van der Waals surface area contributed by atoms with E-state index in [0.717, 1.165) is 11.4 Å². The molecule has 0 aliphatic carbocycles. The Hall–Kier alpha value is -3.05. The van der Waals surface area contributed by atoms with Gasteiger partial charge in [-0.15, -0.1) is 10.2 Å². The van der Waals surface area contributed by atoms with Crippen LogP contribution < -0.4 is 0 Å². The Balaban J connectivity index is 1.39. The lowest BCUT2D eigenvalue weighted by Crippen LogP contribution is -2.34. The Labute approximate surface area is 176 Å². The van der Waals surface area contributed by atoms with Crippen LogP contribution in [0.2, 0.25) is 0 Å². The summed E-state index contributed by atoms with van der Waals surface area (Å²) in [5.74, 6) is 0.108. The lowest BCUT2D eigenvalue weighted by atomic mass is 10.1. The summed E-state index contributed by atoms with van der Waals surface area (Å²) < 4.78 is 1.78. The molecule has 0 aliphatic rings. The minimum atomic E-state index is -1.44. The average molecular weight is 424 g/mol. The van der Waals surface area contributed by atoms with Crippen LogP contribution in [0.4, 0.5) is 0 Å². The van der Waals surface area contributed by atoms with Crippen molar-refractivity contribution >= 4 is 11.8 Å². The summed E-state index contributed by atoms with van der Waals surface area (Å²) >= 11 is 1.23. The van der Waals surface area contributed by atoms with Gasteiger partial charge in [-0.2, -0.15) is 15.0 Å². The molecule has 0 aliphatic heterocycles. The molecule has 4 rings (SSSR count). The fourth-order valence-electron chi connectivity index (χ4n) is 2.83. The maximum absolute atomic E-state index is 10.4. The van der Waals surface area contributed by atoms with Gasteiger partial charge in [0.05, 0.1) is 18.0 Å². The Morgan fingerprint density at radius 1 is 0.900 bits per heavy atom. The molecule has 3 atom stereocenters. The zero-order chi connectivity index (χ0) is 20.9. The molecule has 30 heavy (non-hydrogen) atoms.